The summed E-state index contributed by atoms with van der Waals surface area (Å²) in [6.45, 7) is 4.75. The van der Waals surface area contributed by atoms with Crippen LogP contribution in [0, 0.1) is 0 Å². The summed E-state index contributed by atoms with van der Waals surface area (Å²) in [6, 6.07) is 15.1. The highest BCUT2D eigenvalue weighted by atomic mass is 35.5. The lowest BCUT2D eigenvalue weighted by atomic mass is 10.1. The van der Waals surface area contributed by atoms with Gasteiger partial charge in [0.1, 0.15) is 5.52 Å². The highest BCUT2D eigenvalue weighted by molar-refractivity contribution is 6.37. The Morgan fingerprint density at radius 2 is 1.74 bits per heavy atom. The number of nitrogens with one attached hydrogen (secondary N) is 1. The summed E-state index contributed by atoms with van der Waals surface area (Å²) in [5, 5.41) is 13.6. The van der Waals surface area contributed by atoms with Crippen LogP contribution in [0.15, 0.2) is 54.7 Å². The molecule has 0 radical (unpaired) electrons. The third kappa shape index (κ3) is 4.96. The predicted octanol–water partition coefficient (Wildman–Crippen LogP) is 6.85. The Morgan fingerprint density at radius 3 is 2.40 bits per heavy atom. The summed E-state index contributed by atoms with van der Waals surface area (Å²) in [7, 11) is 0. The molecule has 0 bridgehead atoms. The third-order valence-electron chi connectivity index (χ3n) is 6.23. The van der Waals surface area contributed by atoms with Crippen LogP contribution in [0.3, 0.4) is 0 Å². The summed E-state index contributed by atoms with van der Waals surface area (Å²) in [6.07, 6.45) is 4.10. The van der Waals surface area contributed by atoms with E-state index in [-0.39, 0.29) is 21.6 Å². The highest BCUT2D eigenvalue weighted by Gasteiger charge is 2.17. The van der Waals surface area contributed by atoms with Crippen molar-refractivity contribution in [1.29, 1.82) is 0 Å². The number of phenols is 1. The molecule has 2 aromatic carbocycles. The van der Waals surface area contributed by atoms with E-state index in [2.05, 4.69) is 27.3 Å². The Labute approximate surface area is 213 Å². The standard InChI is InChI=1S/C27H24Cl2N4O2/c1-16(34)20-14-30-24-9-8-23(18-12-21(28)27(35)22(29)13-18)32-26(24)25(20)31-19-6-4-17(5-7-19)15-33-10-2-3-11-33/h4-9,12-14,35H,2-3,10-11,15H2,1H3,(H,30,31). The number of pyridine rings is 2. The second kappa shape index (κ2) is 9.82. The van der Waals surface area contributed by atoms with Crippen LogP contribution in [0.5, 0.6) is 5.75 Å². The molecule has 0 amide bonds. The van der Waals surface area contributed by atoms with E-state index in [1.807, 2.05) is 18.2 Å². The van der Waals surface area contributed by atoms with Gasteiger partial charge in [-0.3, -0.25) is 14.7 Å². The van der Waals surface area contributed by atoms with Gasteiger partial charge < -0.3 is 10.4 Å². The molecule has 0 unspecified atom stereocenters. The number of nitrogens with zero attached hydrogens (tertiary/aromatic N) is 3. The summed E-state index contributed by atoms with van der Waals surface area (Å²) >= 11 is 12.2. The van der Waals surface area contributed by atoms with Crippen LogP contribution >= 0.6 is 23.2 Å². The zero-order valence-corrected chi connectivity index (χ0v) is 20.7. The molecule has 35 heavy (non-hydrogen) atoms. The smallest absolute Gasteiger partial charge is 0.163 e. The maximum atomic E-state index is 12.5. The van der Waals surface area contributed by atoms with E-state index in [1.165, 1.54) is 25.3 Å². The Kier molecular flexibility index (Phi) is 6.60. The quantitative estimate of drug-likeness (QED) is 0.278. The number of anilines is 2. The number of rotatable bonds is 6. The van der Waals surface area contributed by atoms with Crippen molar-refractivity contribution in [2.24, 2.45) is 0 Å². The number of hydrogen-bond donors (Lipinski definition) is 2. The minimum atomic E-state index is -0.172. The minimum absolute atomic E-state index is 0.115. The van der Waals surface area contributed by atoms with Crippen LogP contribution in [0.1, 0.15) is 35.7 Å². The first-order valence-corrected chi connectivity index (χ1v) is 12.2. The predicted molar refractivity (Wildman–Crippen MR) is 141 cm³/mol. The van der Waals surface area contributed by atoms with Gasteiger partial charge in [-0.1, -0.05) is 35.3 Å². The molecule has 1 aliphatic rings. The van der Waals surface area contributed by atoms with Crippen molar-refractivity contribution in [3.8, 4) is 17.0 Å². The number of fused-ring (bicyclic) bond motifs is 1. The number of hydrogen-bond acceptors (Lipinski definition) is 6. The van der Waals surface area contributed by atoms with Gasteiger partial charge in [0.15, 0.2) is 11.5 Å². The first-order chi connectivity index (χ1) is 16.9. The molecule has 0 aliphatic carbocycles. The molecule has 4 aromatic rings. The van der Waals surface area contributed by atoms with Crippen molar-refractivity contribution >= 4 is 51.4 Å². The molecule has 6 nitrogen and oxygen atoms in total. The second-order valence-electron chi connectivity index (χ2n) is 8.76. The van der Waals surface area contributed by atoms with Crippen molar-refractivity contribution in [3.05, 3.63) is 75.9 Å². The van der Waals surface area contributed by atoms with E-state index < -0.39 is 0 Å². The first-order valence-electron chi connectivity index (χ1n) is 11.5. The van der Waals surface area contributed by atoms with Crippen molar-refractivity contribution in [2.45, 2.75) is 26.3 Å². The molecule has 0 atom stereocenters. The van der Waals surface area contributed by atoms with Gasteiger partial charge in [-0.2, -0.15) is 0 Å². The van der Waals surface area contributed by atoms with Crippen LogP contribution in [0.2, 0.25) is 10.0 Å². The number of aromatic nitrogens is 2. The molecule has 1 aliphatic heterocycles. The fourth-order valence-electron chi connectivity index (χ4n) is 4.37. The van der Waals surface area contributed by atoms with Gasteiger partial charge in [0.25, 0.3) is 0 Å². The lowest BCUT2D eigenvalue weighted by Crippen LogP contribution is -2.18. The highest BCUT2D eigenvalue weighted by Crippen LogP contribution is 2.37. The number of ketones is 1. The average molecular weight is 507 g/mol. The van der Waals surface area contributed by atoms with Crippen LogP contribution < -0.4 is 5.32 Å². The van der Waals surface area contributed by atoms with Gasteiger partial charge in [-0.25, -0.2) is 4.98 Å². The molecule has 178 valence electrons. The van der Waals surface area contributed by atoms with E-state index in [1.54, 1.807) is 24.4 Å². The largest absolute Gasteiger partial charge is 0.505 e. The number of phenolic OH excluding ortho intramolecular Hbond substituents is 1. The van der Waals surface area contributed by atoms with Crippen LogP contribution in [-0.2, 0) is 6.54 Å². The van der Waals surface area contributed by atoms with E-state index >= 15 is 0 Å². The van der Waals surface area contributed by atoms with Crippen molar-refractivity contribution in [2.75, 3.05) is 18.4 Å². The first kappa shape index (κ1) is 23.5. The Hall–Kier alpha value is -3.19. The summed E-state index contributed by atoms with van der Waals surface area (Å²) < 4.78 is 0. The van der Waals surface area contributed by atoms with E-state index in [0.717, 1.165) is 25.3 Å². The Morgan fingerprint density at radius 1 is 1.06 bits per heavy atom. The SMILES string of the molecule is CC(=O)c1cnc2ccc(-c3cc(Cl)c(O)c(Cl)c3)nc2c1Nc1ccc(CN2CCCC2)cc1. The van der Waals surface area contributed by atoms with Gasteiger partial charge in [0.2, 0.25) is 0 Å². The number of benzene rings is 2. The molecular weight excluding hydrogens is 483 g/mol. The summed E-state index contributed by atoms with van der Waals surface area (Å²) in [5.41, 5.74) is 5.58. The maximum absolute atomic E-state index is 12.5. The molecule has 2 N–H and O–H groups in total. The summed E-state index contributed by atoms with van der Waals surface area (Å²) in [5.74, 6) is -0.288. The van der Waals surface area contributed by atoms with Crippen LogP contribution in [0.25, 0.3) is 22.3 Å². The van der Waals surface area contributed by atoms with E-state index in [9.17, 15) is 9.90 Å². The van der Waals surface area contributed by atoms with Crippen molar-refractivity contribution in [3.63, 3.8) is 0 Å². The lowest BCUT2D eigenvalue weighted by molar-refractivity contribution is 0.101. The average Bonchev–Trinajstić information content (AvgIpc) is 3.36. The normalized spacial score (nSPS) is 13.9. The van der Waals surface area contributed by atoms with Crippen molar-refractivity contribution in [1.82, 2.24) is 14.9 Å². The molecule has 2 aromatic heterocycles. The van der Waals surface area contributed by atoms with Gasteiger partial charge in [0.05, 0.1) is 32.5 Å². The molecule has 0 spiro atoms. The van der Waals surface area contributed by atoms with Gasteiger partial charge in [-0.05, 0) is 74.8 Å². The van der Waals surface area contributed by atoms with Crippen molar-refractivity contribution < 1.29 is 9.90 Å². The number of halogens is 2. The van der Waals surface area contributed by atoms with Crippen LogP contribution in [0.4, 0.5) is 11.4 Å². The maximum Gasteiger partial charge on any atom is 0.163 e. The molecule has 0 saturated carbocycles. The number of carbonyl (C=O) groups is 1. The van der Waals surface area contributed by atoms with Crippen LogP contribution in [-0.4, -0.2) is 38.8 Å². The van der Waals surface area contributed by atoms with E-state index in [0.29, 0.717) is 33.5 Å². The number of aromatic hydroxyl groups is 1. The molecule has 3 heterocycles. The minimum Gasteiger partial charge on any atom is -0.505 e. The number of carbonyl (C=O) groups excluding carboxylic acids is 1. The third-order valence-corrected chi connectivity index (χ3v) is 6.81. The molecule has 8 heteroatoms. The number of likely N-dealkylation sites (tertiary alicyclic amines) is 1. The second-order valence-corrected chi connectivity index (χ2v) is 9.58. The lowest BCUT2D eigenvalue weighted by Gasteiger charge is -2.16. The molecule has 1 saturated heterocycles. The fraction of sp³-hybridized carbons (Fsp3) is 0.222. The van der Waals surface area contributed by atoms with Gasteiger partial charge in [-0.15, -0.1) is 0 Å². The van der Waals surface area contributed by atoms with Gasteiger partial charge >= 0.3 is 0 Å². The Bertz CT molecular complexity index is 1390. The summed E-state index contributed by atoms with van der Waals surface area (Å²) in [4.78, 5) is 24.2. The zero-order chi connectivity index (χ0) is 24.5. The fourth-order valence-corrected chi connectivity index (χ4v) is 4.86. The topological polar surface area (TPSA) is 78.3 Å². The molecular formula is C27H24Cl2N4O2. The zero-order valence-electron chi connectivity index (χ0n) is 19.2. The molecule has 5 rings (SSSR count). The molecule has 1 fully saturated rings. The van der Waals surface area contributed by atoms with E-state index in [4.69, 9.17) is 28.2 Å². The van der Waals surface area contributed by atoms with Gasteiger partial charge in [0, 0.05) is 24.0 Å². The number of Topliss-reactive ketones (excluding diaryl/α,β-unsaturated/α-hetero) is 1. The monoisotopic (exact) mass is 506 g/mol. The Balaban J connectivity index is 1.53.